The van der Waals surface area contributed by atoms with Gasteiger partial charge >= 0.3 is 0 Å². The molecule has 31 heavy (non-hydrogen) atoms. The van der Waals surface area contributed by atoms with Crippen molar-refractivity contribution in [1.29, 1.82) is 0 Å². The Balaban J connectivity index is 1.36. The maximum absolute atomic E-state index is 12.9. The molecule has 4 heteroatoms. The number of nitrogens with zero attached hydrogens (tertiary/aromatic N) is 1. The molecule has 3 unspecified atom stereocenters. The van der Waals surface area contributed by atoms with Gasteiger partial charge in [0.25, 0.3) is 0 Å². The van der Waals surface area contributed by atoms with E-state index in [2.05, 4.69) is 30.6 Å². The fourth-order valence-corrected chi connectivity index (χ4v) is 7.02. The summed E-state index contributed by atoms with van der Waals surface area (Å²) in [5.74, 6) is 1.04. The van der Waals surface area contributed by atoms with Crippen LogP contribution in [0, 0.1) is 23.2 Å². The first-order chi connectivity index (χ1) is 14.9. The van der Waals surface area contributed by atoms with Crippen molar-refractivity contribution >= 4 is 0 Å². The highest BCUT2D eigenvalue weighted by Gasteiger charge is 2.48. The summed E-state index contributed by atoms with van der Waals surface area (Å²) in [4.78, 5) is 2.43. The Morgan fingerprint density at radius 3 is 2.61 bits per heavy atom. The molecule has 1 N–H and O–H groups in total. The largest absolute Gasteiger partial charge is 0.388 e. The van der Waals surface area contributed by atoms with Crippen LogP contribution in [0.15, 0.2) is 35.5 Å². The number of aliphatic hydroxyl groups is 1. The number of aliphatic hydroxyl groups excluding tert-OH is 1. The van der Waals surface area contributed by atoms with Crippen molar-refractivity contribution in [3.05, 3.63) is 35.5 Å². The molecule has 0 spiro atoms. The van der Waals surface area contributed by atoms with Crippen LogP contribution in [-0.2, 0) is 0 Å². The molecule has 2 nitrogen and oxygen atoms in total. The van der Waals surface area contributed by atoms with Gasteiger partial charge < -0.3 is 10.0 Å². The van der Waals surface area contributed by atoms with E-state index in [1.165, 1.54) is 44.1 Å². The molecule has 4 atom stereocenters. The summed E-state index contributed by atoms with van der Waals surface area (Å²) in [6, 6.07) is 0. The van der Waals surface area contributed by atoms with Gasteiger partial charge in [0.2, 0.25) is 6.43 Å². The van der Waals surface area contributed by atoms with Crippen LogP contribution in [0.1, 0.15) is 77.6 Å². The second kappa shape index (κ2) is 9.87. The van der Waals surface area contributed by atoms with Gasteiger partial charge in [-0.2, -0.15) is 0 Å². The summed E-state index contributed by atoms with van der Waals surface area (Å²) in [6.07, 6.45) is 13.9. The molecule has 0 aromatic carbocycles. The predicted octanol–water partition coefficient (Wildman–Crippen LogP) is 6.52. The summed E-state index contributed by atoms with van der Waals surface area (Å²) in [5, 5.41) is 10.1. The third-order valence-corrected chi connectivity index (χ3v) is 9.18. The van der Waals surface area contributed by atoms with Gasteiger partial charge in [-0.25, -0.2) is 8.78 Å². The van der Waals surface area contributed by atoms with Crippen molar-refractivity contribution in [3.8, 4) is 0 Å². The molecule has 3 saturated carbocycles. The number of halogens is 2. The molecule has 4 rings (SSSR count). The highest BCUT2D eigenvalue weighted by atomic mass is 19.3. The number of fused-ring (bicyclic) bond motifs is 1. The van der Waals surface area contributed by atoms with Gasteiger partial charge in [-0.3, -0.25) is 0 Å². The molecule has 0 bridgehead atoms. The Kier molecular flexibility index (Phi) is 7.37. The zero-order valence-electron chi connectivity index (χ0n) is 19.3. The van der Waals surface area contributed by atoms with Crippen molar-refractivity contribution < 1.29 is 13.9 Å². The van der Waals surface area contributed by atoms with Crippen LogP contribution in [-0.4, -0.2) is 42.2 Å². The van der Waals surface area contributed by atoms with Gasteiger partial charge in [0, 0.05) is 5.92 Å². The van der Waals surface area contributed by atoms with Crippen LogP contribution in [0.3, 0.4) is 0 Å². The van der Waals surface area contributed by atoms with Crippen molar-refractivity contribution in [2.45, 2.75) is 90.1 Å². The molecular weight excluding hydrogens is 392 g/mol. The summed E-state index contributed by atoms with van der Waals surface area (Å²) in [5.41, 5.74) is 4.14. The molecule has 0 amide bonds. The maximum Gasteiger partial charge on any atom is 0.241 e. The Labute approximate surface area is 187 Å². The van der Waals surface area contributed by atoms with E-state index in [9.17, 15) is 13.9 Å². The summed E-state index contributed by atoms with van der Waals surface area (Å²) in [6.45, 7) is 9.40. The highest BCUT2D eigenvalue weighted by molar-refractivity contribution is 5.37. The molecule has 1 aliphatic heterocycles. The Hall–Kier alpha value is -1.00. The highest BCUT2D eigenvalue weighted by Crippen LogP contribution is 2.58. The summed E-state index contributed by atoms with van der Waals surface area (Å²) >= 11 is 0. The summed E-state index contributed by atoms with van der Waals surface area (Å²) < 4.78 is 25.9. The van der Waals surface area contributed by atoms with E-state index in [1.54, 1.807) is 5.57 Å². The average Bonchev–Trinajstić information content (AvgIpc) is 3.10. The van der Waals surface area contributed by atoms with E-state index in [0.717, 1.165) is 50.4 Å². The number of hydrogen-bond acceptors (Lipinski definition) is 2. The van der Waals surface area contributed by atoms with Gasteiger partial charge in [-0.15, -0.1) is 0 Å². The number of allylic oxidation sites excluding steroid dienone is 3. The second-order valence-corrected chi connectivity index (χ2v) is 10.9. The monoisotopic (exact) mass is 433 g/mol. The van der Waals surface area contributed by atoms with Crippen LogP contribution in [0.2, 0.25) is 0 Å². The number of likely N-dealkylation sites (tertiary alicyclic amines) is 1. The Bertz CT molecular complexity index is 706. The zero-order valence-corrected chi connectivity index (χ0v) is 19.3. The van der Waals surface area contributed by atoms with Crippen molar-refractivity contribution in [3.63, 3.8) is 0 Å². The lowest BCUT2D eigenvalue weighted by molar-refractivity contribution is 0.0315. The van der Waals surface area contributed by atoms with Crippen LogP contribution in [0.5, 0.6) is 0 Å². The molecule has 1 saturated heterocycles. The third-order valence-electron chi connectivity index (χ3n) is 9.18. The van der Waals surface area contributed by atoms with Crippen molar-refractivity contribution in [2.75, 3.05) is 19.6 Å². The summed E-state index contributed by atoms with van der Waals surface area (Å²) in [7, 11) is 0. The lowest BCUT2D eigenvalue weighted by Crippen LogP contribution is -2.39. The Morgan fingerprint density at radius 2 is 1.87 bits per heavy atom. The van der Waals surface area contributed by atoms with Gasteiger partial charge in [0.05, 0.1) is 6.10 Å². The van der Waals surface area contributed by atoms with Gasteiger partial charge in [-0.05, 0) is 119 Å². The van der Waals surface area contributed by atoms with E-state index in [4.69, 9.17) is 0 Å². The lowest BCUT2D eigenvalue weighted by atomic mass is 9.63. The second-order valence-electron chi connectivity index (χ2n) is 10.9. The fraction of sp³-hybridized carbons (Fsp3) is 0.778. The smallest absolute Gasteiger partial charge is 0.241 e. The molecule has 0 aromatic heterocycles. The van der Waals surface area contributed by atoms with Crippen LogP contribution < -0.4 is 0 Å². The number of rotatable bonds is 5. The molecule has 4 aliphatic rings. The molecule has 0 aromatic rings. The molecule has 3 aliphatic carbocycles. The SMILES string of the molecule is C=C1/C(=C\C=C2/CCCC3(C)C2CC[C@@H]3CCN2CCC(C(F)F)CC2)CCCC1O. The first kappa shape index (κ1) is 23.2. The van der Waals surface area contributed by atoms with E-state index >= 15 is 0 Å². The number of hydrogen-bond donors (Lipinski definition) is 1. The fourth-order valence-electron chi connectivity index (χ4n) is 7.02. The first-order valence-corrected chi connectivity index (χ1v) is 12.7. The number of piperidine rings is 1. The molecule has 0 radical (unpaired) electrons. The van der Waals surface area contributed by atoms with Crippen molar-refractivity contribution in [1.82, 2.24) is 4.90 Å². The van der Waals surface area contributed by atoms with E-state index in [-0.39, 0.29) is 12.0 Å². The third kappa shape index (κ3) is 5.00. The lowest BCUT2D eigenvalue weighted by Gasteiger charge is -2.43. The topological polar surface area (TPSA) is 23.5 Å². The minimum absolute atomic E-state index is 0.364. The van der Waals surface area contributed by atoms with E-state index < -0.39 is 6.43 Å². The van der Waals surface area contributed by atoms with Gasteiger partial charge in [0.15, 0.2) is 0 Å². The van der Waals surface area contributed by atoms with Crippen LogP contribution in [0.4, 0.5) is 8.78 Å². The standard InChI is InChI=1S/C27H41F2NO/c1-19-20(5-3-7-25(19)31)8-9-21-6-4-15-27(2)23(10-11-24(21)27)14-18-30-16-12-22(13-17-30)26(28)29/h8-9,22-26,31H,1,3-7,10-18H2,2H3/b20-8-,21-9+/t23-,24?,25?,27?/m1/s1. The molecular formula is C27H41F2NO. The molecule has 174 valence electrons. The predicted molar refractivity (Wildman–Crippen MR) is 123 cm³/mol. The first-order valence-electron chi connectivity index (χ1n) is 12.7. The quantitative estimate of drug-likeness (QED) is 0.533. The Morgan fingerprint density at radius 1 is 1.10 bits per heavy atom. The van der Waals surface area contributed by atoms with Crippen LogP contribution >= 0.6 is 0 Å². The zero-order chi connectivity index (χ0) is 22.0. The van der Waals surface area contributed by atoms with Crippen LogP contribution in [0.25, 0.3) is 0 Å². The minimum atomic E-state index is -2.15. The molecule has 4 fully saturated rings. The minimum Gasteiger partial charge on any atom is -0.388 e. The number of alkyl halides is 2. The average molecular weight is 434 g/mol. The van der Waals surface area contributed by atoms with E-state index in [1.807, 2.05) is 0 Å². The van der Waals surface area contributed by atoms with Gasteiger partial charge in [0.1, 0.15) is 0 Å². The van der Waals surface area contributed by atoms with Gasteiger partial charge in [-0.1, -0.05) is 31.2 Å². The maximum atomic E-state index is 12.9. The molecule has 1 heterocycles. The van der Waals surface area contributed by atoms with E-state index in [0.29, 0.717) is 24.2 Å². The van der Waals surface area contributed by atoms with Crippen molar-refractivity contribution in [2.24, 2.45) is 23.2 Å². The normalized spacial score (nSPS) is 38.4.